The normalized spacial score (nSPS) is 10.2. The van der Waals surface area contributed by atoms with Gasteiger partial charge in [-0.1, -0.05) is 12.1 Å². The number of nitrogens with one attached hydrogen (secondary N) is 1. The Morgan fingerprint density at radius 3 is 2.35 bits per heavy atom. The van der Waals surface area contributed by atoms with E-state index < -0.39 is 0 Å². The van der Waals surface area contributed by atoms with Crippen molar-refractivity contribution in [2.45, 2.75) is 6.42 Å². The number of hydrogen-bond donors (Lipinski definition) is 1. The molecule has 0 fully saturated rings. The Morgan fingerprint density at radius 1 is 1.20 bits per heavy atom. The molecule has 6 heteroatoms. The highest BCUT2D eigenvalue weighted by Crippen LogP contribution is 2.09. The fourth-order valence-electron chi connectivity index (χ4n) is 1.61. The van der Waals surface area contributed by atoms with Crippen molar-refractivity contribution in [2.24, 2.45) is 0 Å². The van der Waals surface area contributed by atoms with Gasteiger partial charge < -0.3 is 10.2 Å². The van der Waals surface area contributed by atoms with Crippen LogP contribution < -0.4 is 10.2 Å². The lowest BCUT2D eigenvalue weighted by atomic mass is 10.1. The number of aromatic nitrogens is 2. The standard InChI is InChI=1S/C14H15FN4O/c1-19(2)14-16-8-12(9-17-14)18-13(20)7-10-3-5-11(15)6-4-10/h3-6,8-9H,7H2,1-2H3,(H,18,20). The van der Waals surface area contributed by atoms with Gasteiger partial charge in [0.25, 0.3) is 0 Å². The molecule has 2 aromatic rings. The summed E-state index contributed by atoms with van der Waals surface area (Å²) in [6.07, 6.45) is 3.27. The predicted octanol–water partition coefficient (Wildman–Crippen LogP) is 1.86. The molecule has 0 unspecified atom stereocenters. The van der Waals surface area contributed by atoms with E-state index in [1.165, 1.54) is 12.1 Å². The second-order valence-corrected chi connectivity index (χ2v) is 4.52. The van der Waals surface area contributed by atoms with Gasteiger partial charge in [-0.2, -0.15) is 0 Å². The number of carbonyl (C=O) groups is 1. The molecule has 0 spiro atoms. The van der Waals surface area contributed by atoms with Crippen LogP contribution in [-0.2, 0) is 11.2 Å². The molecule has 1 amide bonds. The van der Waals surface area contributed by atoms with Crippen LogP contribution in [-0.4, -0.2) is 30.0 Å². The summed E-state index contributed by atoms with van der Waals surface area (Å²) in [6.45, 7) is 0. The first kappa shape index (κ1) is 13.9. The van der Waals surface area contributed by atoms with Crippen molar-refractivity contribution in [2.75, 3.05) is 24.3 Å². The average Bonchev–Trinajstić information content (AvgIpc) is 2.42. The van der Waals surface area contributed by atoms with E-state index in [-0.39, 0.29) is 18.1 Å². The Balaban J connectivity index is 1.95. The van der Waals surface area contributed by atoms with Crippen LogP contribution in [0.3, 0.4) is 0 Å². The maximum absolute atomic E-state index is 12.8. The maximum atomic E-state index is 12.8. The van der Waals surface area contributed by atoms with Gasteiger partial charge in [-0.05, 0) is 17.7 Å². The highest BCUT2D eigenvalue weighted by molar-refractivity contribution is 5.91. The molecule has 0 radical (unpaired) electrons. The van der Waals surface area contributed by atoms with E-state index in [9.17, 15) is 9.18 Å². The second kappa shape index (κ2) is 6.10. The third kappa shape index (κ3) is 3.74. The molecule has 1 aromatic carbocycles. The van der Waals surface area contributed by atoms with Crippen molar-refractivity contribution in [3.63, 3.8) is 0 Å². The van der Waals surface area contributed by atoms with Crippen LogP contribution in [0.5, 0.6) is 0 Å². The molecule has 104 valence electrons. The van der Waals surface area contributed by atoms with Crippen LogP contribution >= 0.6 is 0 Å². The molecular formula is C14H15FN4O. The number of carbonyl (C=O) groups excluding carboxylic acids is 1. The Bertz CT molecular complexity index is 581. The zero-order chi connectivity index (χ0) is 14.5. The molecule has 1 N–H and O–H groups in total. The molecule has 0 bridgehead atoms. The highest BCUT2D eigenvalue weighted by Gasteiger charge is 2.06. The molecule has 0 aliphatic heterocycles. The minimum absolute atomic E-state index is 0.176. The first-order valence-electron chi connectivity index (χ1n) is 6.08. The van der Waals surface area contributed by atoms with E-state index in [0.717, 1.165) is 5.56 Å². The van der Waals surface area contributed by atoms with Crippen molar-refractivity contribution in [1.82, 2.24) is 9.97 Å². The van der Waals surface area contributed by atoms with Crippen LogP contribution in [0.25, 0.3) is 0 Å². The van der Waals surface area contributed by atoms with Gasteiger partial charge in [0.1, 0.15) is 5.82 Å². The van der Waals surface area contributed by atoms with Crippen molar-refractivity contribution in [3.8, 4) is 0 Å². The van der Waals surface area contributed by atoms with Gasteiger partial charge >= 0.3 is 0 Å². The SMILES string of the molecule is CN(C)c1ncc(NC(=O)Cc2ccc(F)cc2)cn1. The lowest BCUT2D eigenvalue weighted by Crippen LogP contribution is -2.16. The zero-order valence-electron chi connectivity index (χ0n) is 11.3. The Morgan fingerprint density at radius 2 is 1.80 bits per heavy atom. The fraction of sp³-hybridized carbons (Fsp3) is 0.214. The first-order valence-corrected chi connectivity index (χ1v) is 6.08. The topological polar surface area (TPSA) is 58.1 Å². The maximum Gasteiger partial charge on any atom is 0.228 e. The van der Waals surface area contributed by atoms with E-state index in [4.69, 9.17) is 0 Å². The molecule has 0 saturated heterocycles. The van der Waals surface area contributed by atoms with Crippen LogP contribution in [0.2, 0.25) is 0 Å². The molecule has 0 saturated carbocycles. The summed E-state index contributed by atoms with van der Waals surface area (Å²) in [5.74, 6) is 0.0566. The van der Waals surface area contributed by atoms with E-state index in [2.05, 4.69) is 15.3 Å². The van der Waals surface area contributed by atoms with E-state index >= 15 is 0 Å². The largest absolute Gasteiger partial charge is 0.347 e. The molecule has 0 aliphatic carbocycles. The Labute approximate surface area is 116 Å². The lowest BCUT2D eigenvalue weighted by Gasteiger charge is -2.10. The Hall–Kier alpha value is -2.50. The predicted molar refractivity (Wildman–Crippen MR) is 75.1 cm³/mol. The lowest BCUT2D eigenvalue weighted by molar-refractivity contribution is -0.115. The molecule has 1 aromatic heterocycles. The number of anilines is 2. The minimum Gasteiger partial charge on any atom is -0.347 e. The number of benzene rings is 1. The summed E-state index contributed by atoms with van der Waals surface area (Å²) in [4.78, 5) is 21.8. The van der Waals surface area contributed by atoms with Crippen molar-refractivity contribution in [3.05, 3.63) is 48.0 Å². The van der Waals surface area contributed by atoms with Gasteiger partial charge in [0.05, 0.1) is 24.5 Å². The van der Waals surface area contributed by atoms with Gasteiger partial charge in [-0.25, -0.2) is 14.4 Å². The second-order valence-electron chi connectivity index (χ2n) is 4.52. The molecule has 0 aliphatic rings. The Kier molecular flexibility index (Phi) is 4.24. The molecule has 0 atom stereocenters. The van der Waals surface area contributed by atoms with E-state index in [1.807, 2.05) is 14.1 Å². The van der Waals surface area contributed by atoms with Crippen molar-refractivity contribution in [1.29, 1.82) is 0 Å². The minimum atomic E-state index is -0.318. The smallest absolute Gasteiger partial charge is 0.228 e. The summed E-state index contributed by atoms with van der Waals surface area (Å²) in [5.41, 5.74) is 1.28. The summed E-state index contributed by atoms with van der Waals surface area (Å²) in [5, 5.41) is 2.69. The molecule has 20 heavy (non-hydrogen) atoms. The van der Waals surface area contributed by atoms with Crippen molar-refractivity contribution < 1.29 is 9.18 Å². The summed E-state index contributed by atoms with van der Waals surface area (Å²) < 4.78 is 12.8. The highest BCUT2D eigenvalue weighted by atomic mass is 19.1. The summed E-state index contributed by atoms with van der Waals surface area (Å²) >= 11 is 0. The van der Waals surface area contributed by atoms with Gasteiger partial charge in [0.15, 0.2) is 0 Å². The van der Waals surface area contributed by atoms with Crippen molar-refractivity contribution >= 4 is 17.5 Å². The molecule has 1 heterocycles. The fourth-order valence-corrected chi connectivity index (χ4v) is 1.61. The van der Waals surface area contributed by atoms with Crippen LogP contribution in [0.1, 0.15) is 5.56 Å². The molecule has 5 nitrogen and oxygen atoms in total. The van der Waals surface area contributed by atoms with Gasteiger partial charge in [0, 0.05) is 14.1 Å². The number of nitrogens with zero attached hydrogens (tertiary/aromatic N) is 3. The molecule has 2 rings (SSSR count). The summed E-state index contributed by atoms with van der Waals surface area (Å²) in [7, 11) is 3.67. The zero-order valence-corrected chi connectivity index (χ0v) is 11.3. The van der Waals surface area contributed by atoms with Gasteiger partial charge in [-0.3, -0.25) is 4.79 Å². The summed E-state index contributed by atoms with van der Waals surface area (Å²) in [6, 6.07) is 5.83. The number of hydrogen-bond acceptors (Lipinski definition) is 4. The van der Waals surface area contributed by atoms with Crippen LogP contribution in [0.15, 0.2) is 36.7 Å². The van der Waals surface area contributed by atoms with E-state index in [1.54, 1.807) is 29.4 Å². The third-order valence-electron chi connectivity index (χ3n) is 2.60. The van der Waals surface area contributed by atoms with E-state index in [0.29, 0.717) is 11.6 Å². The number of halogens is 1. The molecular weight excluding hydrogens is 259 g/mol. The van der Waals surface area contributed by atoms with Gasteiger partial charge in [0.2, 0.25) is 11.9 Å². The van der Waals surface area contributed by atoms with Crippen LogP contribution in [0.4, 0.5) is 16.0 Å². The quantitative estimate of drug-likeness (QED) is 0.924. The monoisotopic (exact) mass is 274 g/mol. The third-order valence-corrected chi connectivity index (χ3v) is 2.60. The number of amides is 1. The first-order chi connectivity index (χ1) is 9.54. The van der Waals surface area contributed by atoms with Crippen LogP contribution in [0, 0.1) is 5.82 Å². The number of rotatable bonds is 4. The average molecular weight is 274 g/mol. The van der Waals surface area contributed by atoms with Gasteiger partial charge in [-0.15, -0.1) is 0 Å².